The third-order valence-electron chi connectivity index (χ3n) is 5.32. The summed E-state index contributed by atoms with van der Waals surface area (Å²) >= 11 is 0. The Hall–Kier alpha value is -0.860. The smallest absolute Gasteiger partial charge is 0.0279 e. The zero-order valence-corrected chi connectivity index (χ0v) is 14.2. The first-order valence-corrected chi connectivity index (χ1v) is 8.42. The molecule has 21 heavy (non-hydrogen) atoms. The predicted octanol–water partition coefficient (Wildman–Crippen LogP) is 4.22. The highest BCUT2D eigenvalue weighted by Gasteiger charge is 2.32. The maximum Gasteiger partial charge on any atom is 0.0279 e. The third-order valence-corrected chi connectivity index (χ3v) is 5.32. The van der Waals surface area contributed by atoms with Crippen LogP contribution < -0.4 is 11.3 Å². The summed E-state index contributed by atoms with van der Waals surface area (Å²) in [5.41, 5.74) is 6.28. The average Bonchev–Trinajstić information content (AvgIpc) is 2.44. The quantitative estimate of drug-likeness (QED) is 0.643. The van der Waals surface area contributed by atoms with Gasteiger partial charge in [0.05, 0.1) is 0 Å². The fraction of sp³-hybridized carbons (Fsp3) is 0.684. The van der Waals surface area contributed by atoms with E-state index in [-0.39, 0.29) is 0 Å². The van der Waals surface area contributed by atoms with Crippen LogP contribution in [-0.4, -0.2) is 6.04 Å². The maximum atomic E-state index is 5.86. The van der Waals surface area contributed by atoms with Crippen LogP contribution in [0, 0.1) is 24.2 Å². The van der Waals surface area contributed by atoms with Gasteiger partial charge in [0.15, 0.2) is 0 Å². The van der Waals surface area contributed by atoms with Crippen molar-refractivity contribution in [3.05, 3.63) is 35.4 Å². The summed E-state index contributed by atoms with van der Waals surface area (Å²) in [5.74, 6) is 7.44. The Bertz CT molecular complexity index is 439. The molecule has 0 spiro atoms. The Morgan fingerprint density at radius 2 is 1.86 bits per heavy atom. The lowest BCUT2D eigenvalue weighted by Crippen LogP contribution is -2.44. The molecule has 118 valence electrons. The van der Waals surface area contributed by atoms with Crippen molar-refractivity contribution in [2.24, 2.45) is 23.1 Å². The van der Waals surface area contributed by atoms with Crippen LogP contribution in [0.2, 0.25) is 0 Å². The van der Waals surface area contributed by atoms with Gasteiger partial charge >= 0.3 is 0 Å². The Morgan fingerprint density at radius 3 is 2.38 bits per heavy atom. The number of rotatable bonds is 4. The van der Waals surface area contributed by atoms with Crippen LogP contribution in [0.25, 0.3) is 0 Å². The van der Waals surface area contributed by atoms with Crippen LogP contribution in [-0.2, 0) is 6.42 Å². The van der Waals surface area contributed by atoms with E-state index in [9.17, 15) is 0 Å². The van der Waals surface area contributed by atoms with Gasteiger partial charge in [0.1, 0.15) is 0 Å². The van der Waals surface area contributed by atoms with Gasteiger partial charge in [0.2, 0.25) is 0 Å². The molecule has 1 atom stereocenters. The molecule has 0 aliphatic heterocycles. The molecule has 0 amide bonds. The molecule has 2 heteroatoms. The molecule has 3 N–H and O–H groups in total. The van der Waals surface area contributed by atoms with E-state index in [4.69, 9.17) is 5.84 Å². The van der Waals surface area contributed by atoms with Crippen LogP contribution in [0.15, 0.2) is 24.3 Å². The lowest BCUT2D eigenvalue weighted by atomic mass is 9.68. The second-order valence-electron chi connectivity index (χ2n) is 7.94. The highest BCUT2D eigenvalue weighted by Crippen LogP contribution is 2.40. The van der Waals surface area contributed by atoms with Crippen LogP contribution in [0.5, 0.6) is 0 Å². The molecule has 1 aliphatic rings. The molecular weight excluding hydrogens is 256 g/mol. The molecule has 0 radical (unpaired) electrons. The number of benzene rings is 1. The number of hydrogen-bond donors (Lipinski definition) is 2. The average molecular weight is 288 g/mol. The molecule has 0 aromatic heterocycles. The summed E-state index contributed by atoms with van der Waals surface area (Å²) in [6.07, 6.45) is 6.36. The number of nitrogens with one attached hydrogen (secondary N) is 1. The fourth-order valence-corrected chi connectivity index (χ4v) is 3.84. The monoisotopic (exact) mass is 288 g/mol. The van der Waals surface area contributed by atoms with Gasteiger partial charge in [-0.1, -0.05) is 50.6 Å². The van der Waals surface area contributed by atoms with Gasteiger partial charge in [-0.05, 0) is 61.8 Å². The number of aryl methyl sites for hydroxylation is 1. The maximum absolute atomic E-state index is 5.86. The van der Waals surface area contributed by atoms with Crippen molar-refractivity contribution in [3.63, 3.8) is 0 Å². The Balaban J connectivity index is 1.94. The molecule has 0 saturated heterocycles. The lowest BCUT2D eigenvalue weighted by Gasteiger charge is -2.39. The van der Waals surface area contributed by atoms with Gasteiger partial charge in [-0.25, -0.2) is 0 Å². The van der Waals surface area contributed by atoms with Gasteiger partial charge in [-0.3, -0.25) is 11.3 Å². The minimum Gasteiger partial charge on any atom is -0.271 e. The van der Waals surface area contributed by atoms with Gasteiger partial charge < -0.3 is 0 Å². The predicted molar refractivity (Wildman–Crippen MR) is 90.9 cm³/mol. The minimum absolute atomic E-state index is 0.410. The molecular formula is C19H32N2. The lowest BCUT2D eigenvalue weighted by molar-refractivity contribution is 0.132. The van der Waals surface area contributed by atoms with Crippen molar-refractivity contribution in [1.82, 2.24) is 5.43 Å². The van der Waals surface area contributed by atoms with Crippen LogP contribution >= 0.6 is 0 Å². The third kappa shape index (κ3) is 4.55. The SMILES string of the molecule is Cc1cccc(CC(NN)C2CCC(C(C)(C)C)CC2)c1. The normalized spacial score (nSPS) is 24.8. The first-order chi connectivity index (χ1) is 9.90. The summed E-state index contributed by atoms with van der Waals surface area (Å²) in [4.78, 5) is 0. The van der Waals surface area contributed by atoms with E-state index in [0.717, 1.165) is 12.3 Å². The Labute approximate surface area is 130 Å². The molecule has 1 aromatic rings. The molecule has 0 bridgehead atoms. The van der Waals surface area contributed by atoms with Gasteiger partial charge in [0, 0.05) is 6.04 Å². The van der Waals surface area contributed by atoms with Crippen molar-refractivity contribution in [3.8, 4) is 0 Å². The summed E-state index contributed by atoms with van der Waals surface area (Å²) in [6.45, 7) is 9.29. The highest BCUT2D eigenvalue weighted by atomic mass is 15.2. The summed E-state index contributed by atoms with van der Waals surface area (Å²) in [6, 6.07) is 9.22. The van der Waals surface area contributed by atoms with Crippen molar-refractivity contribution in [2.45, 2.75) is 65.8 Å². The second-order valence-corrected chi connectivity index (χ2v) is 7.94. The van der Waals surface area contributed by atoms with E-state index in [0.29, 0.717) is 17.4 Å². The Morgan fingerprint density at radius 1 is 1.19 bits per heavy atom. The molecule has 1 fully saturated rings. The summed E-state index contributed by atoms with van der Waals surface area (Å²) in [7, 11) is 0. The van der Waals surface area contributed by atoms with Crippen LogP contribution in [0.1, 0.15) is 57.6 Å². The molecule has 1 unspecified atom stereocenters. The van der Waals surface area contributed by atoms with E-state index >= 15 is 0 Å². The van der Waals surface area contributed by atoms with Gasteiger partial charge in [-0.2, -0.15) is 0 Å². The standard InChI is InChI=1S/C19H32N2/c1-14-6-5-7-15(12-14)13-18(21-20)16-8-10-17(11-9-16)19(2,3)4/h5-7,12,16-18,21H,8-11,13,20H2,1-4H3. The topological polar surface area (TPSA) is 38.0 Å². The van der Waals surface area contributed by atoms with E-state index < -0.39 is 0 Å². The first kappa shape index (κ1) is 16.5. The van der Waals surface area contributed by atoms with E-state index in [1.165, 1.54) is 36.8 Å². The van der Waals surface area contributed by atoms with Gasteiger partial charge in [-0.15, -0.1) is 0 Å². The van der Waals surface area contributed by atoms with E-state index in [1.807, 2.05) is 0 Å². The number of hydrogen-bond acceptors (Lipinski definition) is 2. The zero-order chi connectivity index (χ0) is 15.5. The molecule has 1 aliphatic carbocycles. The van der Waals surface area contributed by atoms with Gasteiger partial charge in [0.25, 0.3) is 0 Å². The highest BCUT2D eigenvalue weighted by molar-refractivity contribution is 5.23. The summed E-state index contributed by atoms with van der Waals surface area (Å²) in [5, 5.41) is 0. The molecule has 1 saturated carbocycles. The van der Waals surface area contributed by atoms with Crippen molar-refractivity contribution >= 4 is 0 Å². The zero-order valence-electron chi connectivity index (χ0n) is 14.2. The van der Waals surface area contributed by atoms with Crippen molar-refractivity contribution in [2.75, 3.05) is 0 Å². The first-order valence-electron chi connectivity index (χ1n) is 8.42. The fourth-order valence-electron chi connectivity index (χ4n) is 3.84. The second kappa shape index (κ2) is 6.93. The minimum atomic E-state index is 0.410. The molecule has 2 rings (SSSR count). The number of hydrazine groups is 1. The largest absolute Gasteiger partial charge is 0.271 e. The van der Waals surface area contributed by atoms with Crippen LogP contribution in [0.4, 0.5) is 0 Å². The van der Waals surface area contributed by atoms with Crippen LogP contribution in [0.3, 0.4) is 0 Å². The van der Waals surface area contributed by atoms with E-state index in [1.54, 1.807) is 0 Å². The summed E-state index contributed by atoms with van der Waals surface area (Å²) < 4.78 is 0. The van der Waals surface area contributed by atoms with Crippen molar-refractivity contribution < 1.29 is 0 Å². The molecule has 2 nitrogen and oxygen atoms in total. The van der Waals surface area contributed by atoms with E-state index in [2.05, 4.69) is 57.4 Å². The molecule has 1 aromatic carbocycles. The molecule has 0 heterocycles. The van der Waals surface area contributed by atoms with Crippen molar-refractivity contribution in [1.29, 1.82) is 0 Å². The Kier molecular flexibility index (Phi) is 5.45. The number of nitrogens with two attached hydrogens (primary N) is 1.